The van der Waals surface area contributed by atoms with E-state index in [0.717, 1.165) is 45.8 Å². The van der Waals surface area contributed by atoms with Crippen molar-refractivity contribution in [2.75, 3.05) is 40.0 Å². The van der Waals surface area contributed by atoms with Crippen LogP contribution < -0.4 is 0 Å². The van der Waals surface area contributed by atoms with E-state index in [-0.39, 0.29) is 6.10 Å². The minimum Gasteiger partial charge on any atom is -0.376 e. The van der Waals surface area contributed by atoms with Gasteiger partial charge in [0.25, 0.3) is 0 Å². The zero-order chi connectivity index (χ0) is 12.8. The number of aromatic nitrogens is 1. The Morgan fingerprint density at radius 1 is 1.44 bits per heavy atom. The number of likely N-dealkylation sites (N-methyl/N-ethyl adjacent to an activating group) is 1. The summed E-state index contributed by atoms with van der Waals surface area (Å²) in [6.07, 6.45) is 2.43. The molecule has 1 aromatic heterocycles. The summed E-state index contributed by atoms with van der Waals surface area (Å²) in [6.45, 7) is 6.47. The number of aryl methyl sites for hydroxylation is 1. The Balaban J connectivity index is 1.62. The van der Waals surface area contributed by atoms with Gasteiger partial charge >= 0.3 is 0 Å². The summed E-state index contributed by atoms with van der Waals surface area (Å²) >= 11 is 1.76. The molecule has 0 spiro atoms. The molecule has 1 aliphatic rings. The molecule has 2 rings (SSSR count). The smallest absolute Gasteiger partial charge is 0.0821 e. The molecule has 1 atom stereocenters. The highest BCUT2D eigenvalue weighted by molar-refractivity contribution is 7.09. The SMILES string of the molecule is Cc1ncsc1CCN(C)CCC1COCCO1. The summed E-state index contributed by atoms with van der Waals surface area (Å²) in [6, 6.07) is 0. The Labute approximate surface area is 113 Å². The third-order valence-electron chi connectivity index (χ3n) is 3.28. The fourth-order valence-corrected chi connectivity index (χ4v) is 2.81. The van der Waals surface area contributed by atoms with E-state index in [1.54, 1.807) is 11.3 Å². The van der Waals surface area contributed by atoms with Crippen LogP contribution in [0.15, 0.2) is 5.51 Å². The normalized spacial score (nSPS) is 20.5. The van der Waals surface area contributed by atoms with Crippen LogP contribution in [0.5, 0.6) is 0 Å². The van der Waals surface area contributed by atoms with Crippen molar-refractivity contribution in [1.82, 2.24) is 9.88 Å². The average Bonchev–Trinajstić information content (AvgIpc) is 2.81. The number of nitrogens with zero attached hydrogens (tertiary/aromatic N) is 2. The third-order valence-corrected chi connectivity index (χ3v) is 4.28. The molecule has 0 saturated carbocycles. The van der Waals surface area contributed by atoms with Crippen molar-refractivity contribution in [3.05, 3.63) is 16.1 Å². The van der Waals surface area contributed by atoms with Gasteiger partial charge in [0.05, 0.1) is 37.1 Å². The second-order valence-corrected chi connectivity index (χ2v) is 5.71. The Morgan fingerprint density at radius 2 is 2.33 bits per heavy atom. The van der Waals surface area contributed by atoms with E-state index in [4.69, 9.17) is 9.47 Å². The van der Waals surface area contributed by atoms with Crippen LogP contribution in [0.3, 0.4) is 0 Å². The van der Waals surface area contributed by atoms with E-state index in [2.05, 4.69) is 23.9 Å². The van der Waals surface area contributed by atoms with E-state index in [9.17, 15) is 0 Å². The van der Waals surface area contributed by atoms with Crippen molar-refractivity contribution in [3.63, 3.8) is 0 Å². The maximum atomic E-state index is 5.64. The van der Waals surface area contributed by atoms with Crippen LogP contribution in [0.2, 0.25) is 0 Å². The molecule has 1 fully saturated rings. The lowest BCUT2D eigenvalue weighted by Crippen LogP contribution is -2.33. The van der Waals surface area contributed by atoms with Gasteiger partial charge in [-0.05, 0) is 26.8 Å². The quantitative estimate of drug-likeness (QED) is 0.788. The average molecular weight is 270 g/mol. The first-order valence-corrected chi connectivity index (χ1v) is 7.40. The standard InChI is InChI=1S/C13H22N2O2S/c1-11-13(18-10-14-11)4-6-15(2)5-3-12-9-16-7-8-17-12/h10,12H,3-9H2,1-2H3. The van der Waals surface area contributed by atoms with Gasteiger partial charge in [-0.25, -0.2) is 4.98 Å². The lowest BCUT2D eigenvalue weighted by atomic mass is 10.2. The largest absolute Gasteiger partial charge is 0.376 e. The summed E-state index contributed by atoms with van der Waals surface area (Å²) in [4.78, 5) is 8.04. The zero-order valence-corrected chi connectivity index (χ0v) is 12.0. The van der Waals surface area contributed by atoms with Crippen molar-refractivity contribution < 1.29 is 9.47 Å². The van der Waals surface area contributed by atoms with Gasteiger partial charge in [0.1, 0.15) is 0 Å². The predicted molar refractivity (Wildman–Crippen MR) is 73.2 cm³/mol. The first kappa shape index (κ1) is 13.9. The molecule has 1 unspecified atom stereocenters. The van der Waals surface area contributed by atoms with Crippen molar-refractivity contribution in [2.45, 2.75) is 25.9 Å². The minimum atomic E-state index is 0.284. The number of thiazole rings is 1. The van der Waals surface area contributed by atoms with Gasteiger partial charge in [0, 0.05) is 18.0 Å². The second kappa shape index (κ2) is 7.19. The lowest BCUT2D eigenvalue weighted by molar-refractivity contribution is -0.0922. The second-order valence-electron chi connectivity index (χ2n) is 4.77. The summed E-state index contributed by atoms with van der Waals surface area (Å²) in [5.74, 6) is 0. The Bertz CT molecular complexity index is 351. The minimum absolute atomic E-state index is 0.284. The molecule has 5 heteroatoms. The van der Waals surface area contributed by atoms with Gasteiger partial charge in [-0.15, -0.1) is 11.3 Å². The van der Waals surface area contributed by atoms with Gasteiger partial charge in [-0.2, -0.15) is 0 Å². The van der Waals surface area contributed by atoms with E-state index >= 15 is 0 Å². The lowest BCUT2D eigenvalue weighted by Gasteiger charge is -2.25. The van der Waals surface area contributed by atoms with Crippen LogP contribution in [0.25, 0.3) is 0 Å². The van der Waals surface area contributed by atoms with Crippen LogP contribution in [-0.2, 0) is 15.9 Å². The van der Waals surface area contributed by atoms with Crippen LogP contribution in [-0.4, -0.2) is 55.9 Å². The molecule has 0 radical (unpaired) electrons. The van der Waals surface area contributed by atoms with Crippen LogP contribution in [0, 0.1) is 6.92 Å². The summed E-state index contributed by atoms with van der Waals surface area (Å²) < 4.78 is 11.0. The number of ether oxygens (including phenoxy) is 2. The molecule has 0 aliphatic carbocycles. The van der Waals surface area contributed by atoms with Crippen molar-refractivity contribution >= 4 is 11.3 Å². The summed E-state index contributed by atoms with van der Waals surface area (Å²) in [5.41, 5.74) is 3.11. The molecule has 0 N–H and O–H groups in total. The fraction of sp³-hybridized carbons (Fsp3) is 0.769. The first-order chi connectivity index (χ1) is 8.75. The third kappa shape index (κ3) is 4.31. The molecule has 1 saturated heterocycles. The topological polar surface area (TPSA) is 34.6 Å². The van der Waals surface area contributed by atoms with E-state index in [1.807, 2.05) is 5.51 Å². The maximum Gasteiger partial charge on any atom is 0.0821 e. The highest BCUT2D eigenvalue weighted by Crippen LogP contribution is 2.13. The van der Waals surface area contributed by atoms with Crippen molar-refractivity contribution in [3.8, 4) is 0 Å². The van der Waals surface area contributed by atoms with E-state index < -0.39 is 0 Å². The van der Waals surface area contributed by atoms with Gasteiger partial charge in [-0.3, -0.25) is 0 Å². The number of hydrogen-bond donors (Lipinski definition) is 0. The molecular formula is C13H22N2O2S. The monoisotopic (exact) mass is 270 g/mol. The zero-order valence-electron chi connectivity index (χ0n) is 11.2. The number of hydrogen-bond acceptors (Lipinski definition) is 5. The number of rotatable bonds is 6. The van der Waals surface area contributed by atoms with Gasteiger partial charge in [-0.1, -0.05) is 0 Å². The van der Waals surface area contributed by atoms with Crippen molar-refractivity contribution in [1.29, 1.82) is 0 Å². The molecule has 0 aromatic carbocycles. The molecule has 0 bridgehead atoms. The highest BCUT2D eigenvalue weighted by atomic mass is 32.1. The van der Waals surface area contributed by atoms with Crippen LogP contribution >= 0.6 is 11.3 Å². The molecule has 1 aromatic rings. The van der Waals surface area contributed by atoms with E-state index in [1.165, 1.54) is 10.6 Å². The summed E-state index contributed by atoms with van der Waals surface area (Å²) in [7, 11) is 2.17. The molecule has 102 valence electrons. The predicted octanol–water partition coefficient (Wildman–Crippen LogP) is 1.73. The Morgan fingerprint density at radius 3 is 3.00 bits per heavy atom. The van der Waals surface area contributed by atoms with E-state index in [0.29, 0.717) is 0 Å². The summed E-state index contributed by atoms with van der Waals surface area (Å²) in [5, 5.41) is 0. The Hall–Kier alpha value is -0.490. The molecule has 0 amide bonds. The molecule has 2 heterocycles. The van der Waals surface area contributed by atoms with Gasteiger partial charge in [0.2, 0.25) is 0 Å². The highest BCUT2D eigenvalue weighted by Gasteiger charge is 2.14. The fourth-order valence-electron chi connectivity index (χ4n) is 2.04. The molecular weight excluding hydrogens is 248 g/mol. The van der Waals surface area contributed by atoms with Gasteiger partial charge in [0.15, 0.2) is 0 Å². The Kier molecular flexibility index (Phi) is 5.56. The van der Waals surface area contributed by atoms with Gasteiger partial charge < -0.3 is 14.4 Å². The van der Waals surface area contributed by atoms with Crippen LogP contribution in [0.1, 0.15) is 17.0 Å². The maximum absolute atomic E-state index is 5.64. The molecule has 4 nitrogen and oxygen atoms in total. The molecule has 1 aliphatic heterocycles. The first-order valence-electron chi connectivity index (χ1n) is 6.52. The molecule has 18 heavy (non-hydrogen) atoms. The van der Waals surface area contributed by atoms with Crippen LogP contribution in [0.4, 0.5) is 0 Å². The van der Waals surface area contributed by atoms with Crippen molar-refractivity contribution in [2.24, 2.45) is 0 Å².